The van der Waals surface area contributed by atoms with Gasteiger partial charge in [0.25, 0.3) is 0 Å². The standard InChI is InChI=1S/C8H19N3O3S/c1-6(2)7(9)5-8(12)11-3-4-15(10,13)14/h6-7H,3-5,9H2,1-2H3,(H,11,12)(H2,10,13,14). The molecule has 1 unspecified atom stereocenters. The largest absolute Gasteiger partial charge is 0.355 e. The normalized spacial score (nSPS) is 13.9. The summed E-state index contributed by atoms with van der Waals surface area (Å²) in [7, 11) is -3.51. The van der Waals surface area contributed by atoms with Crippen molar-refractivity contribution >= 4 is 15.9 Å². The van der Waals surface area contributed by atoms with Crippen LogP contribution in [0.25, 0.3) is 0 Å². The lowest BCUT2D eigenvalue weighted by molar-refractivity contribution is -0.121. The number of hydrogen-bond donors (Lipinski definition) is 3. The van der Waals surface area contributed by atoms with Crippen LogP contribution in [0.5, 0.6) is 0 Å². The molecule has 1 atom stereocenters. The molecule has 0 aliphatic carbocycles. The molecule has 0 heterocycles. The Morgan fingerprint density at radius 3 is 2.33 bits per heavy atom. The van der Waals surface area contributed by atoms with Crippen molar-refractivity contribution in [3.05, 3.63) is 0 Å². The molecule has 0 aromatic carbocycles. The molecule has 0 aliphatic rings. The number of nitrogens with one attached hydrogen (secondary N) is 1. The predicted molar refractivity (Wildman–Crippen MR) is 58.4 cm³/mol. The van der Waals surface area contributed by atoms with Crippen molar-refractivity contribution in [1.82, 2.24) is 5.32 Å². The van der Waals surface area contributed by atoms with Gasteiger partial charge in [0.1, 0.15) is 0 Å². The third-order valence-corrected chi connectivity index (χ3v) is 2.76. The topological polar surface area (TPSA) is 115 Å². The summed E-state index contributed by atoms with van der Waals surface area (Å²) in [5.74, 6) is -0.288. The van der Waals surface area contributed by atoms with E-state index in [1.807, 2.05) is 13.8 Å². The quantitative estimate of drug-likeness (QED) is 0.536. The van der Waals surface area contributed by atoms with E-state index in [1.54, 1.807) is 0 Å². The first-order chi connectivity index (χ1) is 6.72. The van der Waals surface area contributed by atoms with Gasteiger partial charge in [-0.25, -0.2) is 13.6 Å². The second kappa shape index (κ2) is 6.04. The molecule has 0 bridgehead atoms. The second-order valence-electron chi connectivity index (χ2n) is 3.83. The lowest BCUT2D eigenvalue weighted by Gasteiger charge is -2.14. The van der Waals surface area contributed by atoms with Gasteiger partial charge in [-0.05, 0) is 5.92 Å². The van der Waals surface area contributed by atoms with Gasteiger partial charge in [0.05, 0.1) is 5.75 Å². The molecular weight excluding hydrogens is 218 g/mol. The summed E-state index contributed by atoms with van der Waals surface area (Å²) in [6.07, 6.45) is 0.197. The fourth-order valence-electron chi connectivity index (χ4n) is 0.855. The summed E-state index contributed by atoms with van der Waals surface area (Å²) in [5.41, 5.74) is 5.67. The van der Waals surface area contributed by atoms with Gasteiger partial charge in [-0.3, -0.25) is 4.79 Å². The van der Waals surface area contributed by atoms with E-state index < -0.39 is 10.0 Å². The Bertz CT molecular complexity index is 300. The summed E-state index contributed by atoms with van der Waals surface area (Å²) in [6, 6.07) is -0.209. The highest BCUT2D eigenvalue weighted by molar-refractivity contribution is 7.89. The summed E-state index contributed by atoms with van der Waals surface area (Å²) in [5, 5.41) is 7.21. The Balaban J connectivity index is 3.77. The number of nitrogens with two attached hydrogens (primary N) is 2. The van der Waals surface area contributed by atoms with E-state index in [0.29, 0.717) is 0 Å². The highest BCUT2D eigenvalue weighted by Crippen LogP contribution is 2.01. The predicted octanol–water partition coefficient (Wildman–Crippen LogP) is -1.24. The first kappa shape index (κ1) is 14.3. The molecule has 7 heteroatoms. The minimum Gasteiger partial charge on any atom is -0.355 e. The molecule has 0 aliphatic heterocycles. The van der Waals surface area contributed by atoms with Crippen LogP contribution >= 0.6 is 0 Å². The fourth-order valence-corrected chi connectivity index (χ4v) is 1.24. The number of carbonyl (C=O) groups excluding carboxylic acids is 1. The Morgan fingerprint density at radius 2 is 1.93 bits per heavy atom. The fraction of sp³-hybridized carbons (Fsp3) is 0.875. The van der Waals surface area contributed by atoms with Crippen molar-refractivity contribution < 1.29 is 13.2 Å². The average molecular weight is 237 g/mol. The lowest BCUT2D eigenvalue weighted by atomic mass is 10.0. The first-order valence-electron chi connectivity index (χ1n) is 4.75. The van der Waals surface area contributed by atoms with Crippen molar-refractivity contribution in [1.29, 1.82) is 0 Å². The van der Waals surface area contributed by atoms with Crippen LogP contribution in [0.4, 0.5) is 0 Å². The number of amides is 1. The minimum atomic E-state index is -3.51. The molecule has 0 aromatic heterocycles. The zero-order valence-electron chi connectivity index (χ0n) is 9.06. The molecule has 0 saturated carbocycles. The van der Waals surface area contributed by atoms with Gasteiger partial charge in [-0.1, -0.05) is 13.8 Å². The van der Waals surface area contributed by atoms with Gasteiger partial charge < -0.3 is 11.1 Å². The van der Waals surface area contributed by atoms with Crippen LogP contribution in [0.15, 0.2) is 0 Å². The van der Waals surface area contributed by atoms with E-state index in [0.717, 1.165) is 0 Å². The Kier molecular flexibility index (Phi) is 5.77. The van der Waals surface area contributed by atoms with Crippen molar-refractivity contribution in [2.24, 2.45) is 16.8 Å². The van der Waals surface area contributed by atoms with Crippen LogP contribution in [0.3, 0.4) is 0 Å². The third kappa shape index (κ3) is 8.34. The summed E-state index contributed by atoms with van der Waals surface area (Å²) in [4.78, 5) is 11.2. The van der Waals surface area contributed by atoms with Crippen LogP contribution in [-0.4, -0.2) is 32.7 Å². The van der Waals surface area contributed by atoms with Gasteiger partial charge in [0.15, 0.2) is 0 Å². The highest BCUT2D eigenvalue weighted by atomic mass is 32.2. The second-order valence-corrected chi connectivity index (χ2v) is 5.56. The summed E-state index contributed by atoms with van der Waals surface area (Å²) in [6.45, 7) is 3.87. The van der Waals surface area contributed by atoms with Gasteiger partial charge in [0, 0.05) is 19.0 Å². The van der Waals surface area contributed by atoms with Crippen molar-refractivity contribution in [3.8, 4) is 0 Å². The molecule has 15 heavy (non-hydrogen) atoms. The first-order valence-corrected chi connectivity index (χ1v) is 6.46. The van der Waals surface area contributed by atoms with E-state index in [9.17, 15) is 13.2 Å². The number of sulfonamides is 1. The SMILES string of the molecule is CC(C)C(N)CC(=O)NCCS(N)(=O)=O. The van der Waals surface area contributed by atoms with Crippen molar-refractivity contribution in [2.45, 2.75) is 26.3 Å². The van der Waals surface area contributed by atoms with Gasteiger partial charge in [-0.15, -0.1) is 0 Å². The van der Waals surface area contributed by atoms with Crippen LogP contribution < -0.4 is 16.2 Å². The number of hydrogen-bond acceptors (Lipinski definition) is 4. The molecule has 0 radical (unpaired) electrons. The molecule has 5 N–H and O–H groups in total. The molecule has 0 rings (SSSR count). The van der Waals surface area contributed by atoms with E-state index >= 15 is 0 Å². The van der Waals surface area contributed by atoms with E-state index in [-0.39, 0.29) is 36.6 Å². The zero-order chi connectivity index (χ0) is 12.1. The van der Waals surface area contributed by atoms with E-state index in [2.05, 4.69) is 5.32 Å². The monoisotopic (exact) mass is 237 g/mol. The lowest BCUT2D eigenvalue weighted by Crippen LogP contribution is -2.37. The Labute approximate surface area is 90.4 Å². The van der Waals surface area contributed by atoms with E-state index in [4.69, 9.17) is 10.9 Å². The maximum atomic E-state index is 11.2. The molecule has 6 nitrogen and oxygen atoms in total. The minimum absolute atomic E-state index is 0.0302. The number of carbonyl (C=O) groups is 1. The van der Waals surface area contributed by atoms with Gasteiger partial charge in [-0.2, -0.15) is 0 Å². The van der Waals surface area contributed by atoms with Crippen LogP contribution in [-0.2, 0) is 14.8 Å². The molecule has 0 spiro atoms. The van der Waals surface area contributed by atoms with Crippen molar-refractivity contribution in [3.63, 3.8) is 0 Å². The molecule has 0 aromatic rings. The van der Waals surface area contributed by atoms with Gasteiger partial charge >= 0.3 is 0 Å². The van der Waals surface area contributed by atoms with Crippen LogP contribution in [0, 0.1) is 5.92 Å². The van der Waals surface area contributed by atoms with Gasteiger partial charge in [0.2, 0.25) is 15.9 Å². The summed E-state index contributed by atoms with van der Waals surface area (Å²) < 4.78 is 21.1. The Hall–Kier alpha value is -0.660. The summed E-state index contributed by atoms with van der Waals surface area (Å²) >= 11 is 0. The Morgan fingerprint density at radius 1 is 1.40 bits per heavy atom. The van der Waals surface area contributed by atoms with Crippen molar-refractivity contribution in [2.75, 3.05) is 12.3 Å². The third-order valence-electron chi connectivity index (χ3n) is 1.99. The average Bonchev–Trinajstić information content (AvgIpc) is 2.01. The molecule has 0 saturated heterocycles. The van der Waals surface area contributed by atoms with E-state index in [1.165, 1.54) is 0 Å². The van der Waals surface area contributed by atoms with Crippen LogP contribution in [0.1, 0.15) is 20.3 Å². The number of rotatable bonds is 6. The van der Waals surface area contributed by atoms with Crippen LogP contribution in [0.2, 0.25) is 0 Å². The zero-order valence-corrected chi connectivity index (χ0v) is 9.88. The molecular formula is C8H19N3O3S. The molecule has 90 valence electrons. The smallest absolute Gasteiger partial charge is 0.221 e. The molecule has 0 fully saturated rings. The highest BCUT2D eigenvalue weighted by Gasteiger charge is 2.13. The maximum Gasteiger partial charge on any atom is 0.221 e. The molecule has 1 amide bonds. The number of primary sulfonamides is 1. The maximum absolute atomic E-state index is 11.2.